The first-order valence-electron chi connectivity index (χ1n) is 11.5. The van der Waals surface area contributed by atoms with Crippen molar-refractivity contribution >= 4 is 56.6 Å². The number of benzene rings is 2. The van der Waals surface area contributed by atoms with Gasteiger partial charge in [0.05, 0.1) is 38.6 Å². The Morgan fingerprint density at radius 1 is 0.897 bits per heavy atom. The van der Waals surface area contributed by atoms with E-state index in [1.807, 2.05) is 0 Å². The molecule has 0 saturated carbocycles. The standard InChI is InChI=1S/C25H25Cl3N2O8S/c1-16(31)37-18(11-26)13-35-24-5-3-20(9-22(24)27)39(33,34)21-4-6-25(23(28)10-21)36-14-19(38-17(2)32)12-30-8-7-29-15-30/h3-10,15,18-19H,11-14H2,1-2H3/t18-,19-/m1/s1. The smallest absolute Gasteiger partial charge is 0.303 e. The molecule has 0 N–H and O–H groups in total. The number of hydrogen-bond acceptors (Lipinski definition) is 9. The van der Waals surface area contributed by atoms with Gasteiger partial charge in [-0.25, -0.2) is 13.4 Å². The molecule has 0 amide bonds. The Kier molecular flexibility index (Phi) is 10.9. The topological polar surface area (TPSA) is 123 Å². The fourth-order valence-electron chi connectivity index (χ4n) is 3.37. The summed E-state index contributed by atoms with van der Waals surface area (Å²) in [5.74, 6) is -0.571. The minimum Gasteiger partial charge on any atom is -0.488 e. The van der Waals surface area contributed by atoms with Crippen molar-refractivity contribution in [1.82, 2.24) is 9.55 Å². The van der Waals surface area contributed by atoms with Gasteiger partial charge < -0.3 is 23.5 Å². The minimum absolute atomic E-state index is 0.0130. The van der Waals surface area contributed by atoms with Gasteiger partial charge in [-0.2, -0.15) is 0 Å². The Morgan fingerprint density at radius 3 is 1.85 bits per heavy atom. The second-order valence-corrected chi connectivity index (χ2v) is 11.3. The number of carbonyl (C=O) groups is 2. The number of rotatable bonds is 13. The number of nitrogens with zero attached hydrogens (tertiary/aromatic N) is 2. The molecule has 0 fully saturated rings. The molecule has 210 valence electrons. The molecule has 0 bridgehead atoms. The van der Waals surface area contributed by atoms with Gasteiger partial charge in [-0.3, -0.25) is 9.59 Å². The lowest BCUT2D eigenvalue weighted by atomic mass is 10.3. The van der Waals surface area contributed by atoms with E-state index in [0.717, 1.165) is 0 Å². The van der Waals surface area contributed by atoms with Gasteiger partial charge in [-0.15, -0.1) is 11.6 Å². The third-order valence-corrected chi connectivity index (χ3v) is 7.77. The fourth-order valence-corrected chi connectivity index (χ4v) is 5.43. The molecule has 1 heterocycles. The summed E-state index contributed by atoms with van der Waals surface area (Å²) < 4.78 is 49.7. The van der Waals surface area contributed by atoms with E-state index in [1.165, 1.54) is 50.2 Å². The number of hydrogen-bond donors (Lipinski definition) is 0. The lowest BCUT2D eigenvalue weighted by Gasteiger charge is -2.19. The number of alkyl halides is 1. The number of carbonyl (C=O) groups excluding carboxylic acids is 2. The summed E-state index contributed by atoms with van der Waals surface area (Å²) in [4.78, 5) is 26.4. The van der Waals surface area contributed by atoms with Crippen molar-refractivity contribution in [2.45, 2.75) is 42.4 Å². The molecule has 0 spiro atoms. The van der Waals surface area contributed by atoms with Crippen LogP contribution in [0.5, 0.6) is 11.5 Å². The first-order valence-corrected chi connectivity index (χ1v) is 14.2. The number of sulfone groups is 1. The summed E-state index contributed by atoms with van der Waals surface area (Å²) in [6, 6.07) is 7.98. The number of aromatic nitrogens is 2. The van der Waals surface area contributed by atoms with Gasteiger partial charge in [0.1, 0.15) is 30.8 Å². The quantitative estimate of drug-likeness (QED) is 0.200. The maximum absolute atomic E-state index is 13.2. The van der Waals surface area contributed by atoms with Crippen LogP contribution in [-0.4, -0.2) is 61.2 Å². The number of imidazole rings is 1. The van der Waals surface area contributed by atoms with Gasteiger partial charge in [0.2, 0.25) is 9.84 Å². The molecule has 3 rings (SSSR count). The van der Waals surface area contributed by atoms with Crippen LogP contribution in [0.3, 0.4) is 0 Å². The van der Waals surface area contributed by atoms with Crippen LogP contribution in [0.2, 0.25) is 10.0 Å². The molecule has 0 aliphatic heterocycles. The first kappa shape index (κ1) is 30.6. The van der Waals surface area contributed by atoms with E-state index in [1.54, 1.807) is 23.3 Å². The van der Waals surface area contributed by atoms with Crippen LogP contribution in [0.1, 0.15) is 13.8 Å². The van der Waals surface area contributed by atoms with E-state index in [9.17, 15) is 18.0 Å². The third-order valence-electron chi connectivity index (χ3n) is 5.09. The van der Waals surface area contributed by atoms with Crippen LogP contribution in [0.25, 0.3) is 0 Å². The second kappa shape index (κ2) is 13.9. The van der Waals surface area contributed by atoms with Crippen LogP contribution in [0, 0.1) is 0 Å². The molecule has 2 atom stereocenters. The number of esters is 2. The molecule has 39 heavy (non-hydrogen) atoms. The molecular formula is C25H25Cl3N2O8S. The summed E-state index contributed by atoms with van der Waals surface area (Å²) >= 11 is 18.3. The lowest BCUT2D eigenvalue weighted by molar-refractivity contribution is -0.148. The van der Waals surface area contributed by atoms with E-state index >= 15 is 0 Å². The molecule has 1 aromatic heterocycles. The maximum Gasteiger partial charge on any atom is 0.303 e. The highest BCUT2D eigenvalue weighted by atomic mass is 35.5. The summed E-state index contributed by atoms with van der Waals surface area (Å²) in [5.41, 5.74) is 0. The molecule has 3 aromatic rings. The second-order valence-electron chi connectivity index (χ2n) is 8.19. The zero-order valence-electron chi connectivity index (χ0n) is 20.9. The van der Waals surface area contributed by atoms with Crippen molar-refractivity contribution < 1.29 is 37.0 Å². The van der Waals surface area contributed by atoms with Gasteiger partial charge in [-0.1, -0.05) is 23.2 Å². The van der Waals surface area contributed by atoms with Crippen LogP contribution >= 0.6 is 34.8 Å². The Balaban J connectivity index is 1.70. The van der Waals surface area contributed by atoms with Crippen molar-refractivity contribution in [3.63, 3.8) is 0 Å². The first-order chi connectivity index (χ1) is 18.5. The van der Waals surface area contributed by atoms with Crippen LogP contribution in [0.4, 0.5) is 0 Å². The Labute approximate surface area is 240 Å². The molecule has 0 saturated heterocycles. The van der Waals surface area contributed by atoms with E-state index in [2.05, 4.69) is 4.98 Å². The van der Waals surface area contributed by atoms with E-state index in [0.29, 0.717) is 6.54 Å². The van der Waals surface area contributed by atoms with Crippen molar-refractivity contribution in [2.24, 2.45) is 0 Å². The average molecular weight is 620 g/mol. The molecular weight excluding hydrogens is 595 g/mol. The molecule has 2 aromatic carbocycles. The summed E-state index contributed by atoms with van der Waals surface area (Å²) in [5, 5.41) is 0.0802. The van der Waals surface area contributed by atoms with Crippen molar-refractivity contribution in [2.75, 3.05) is 19.1 Å². The van der Waals surface area contributed by atoms with Gasteiger partial charge in [-0.05, 0) is 36.4 Å². The zero-order chi connectivity index (χ0) is 28.6. The van der Waals surface area contributed by atoms with Gasteiger partial charge in [0, 0.05) is 26.2 Å². The van der Waals surface area contributed by atoms with E-state index in [4.69, 9.17) is 53.8 Å². The summed E-state index contributed by atoms with van der Waals surface area (Å²) in [6.45, 7) is 2.76. The molecule has 0 unspecified atom stereocenters. The monoisotopic (exact) mass is 618 g/mol. The summed E-state index contributed by atoms with van der Waals surface area (Å²) in [6.07, 6.45) is 3.56. The number of ether oxygens (including phenoxy) is 4. The Morgan fingerprint density at radius 2 is 1.41 bits per heavy atom. The van der Waals surface area contributed by atoms with Gasteiger partial charge in [0.25, 0.3) is 0 Å². The highest BCUT2D eigenvalue weighted by Crippen LogP contribution is 2.33. The third kappa shape index (κ3) is 8.76. The minimum atomic E-state index is -4.00. The Hall–Kier alpha value is -2.99. The SMILES string of the molecule is CC(=O)O[C@H](CCl)COc1ccc(S(=O)(=O)c2ccc(OC[C@@H](Cn3ccnc3)OC(C)=O)c(Cl)c2)cc1Cl. The zero-order valence-corrected chi connectivity index (χ0v) is 24.0. The van der Waals surface area contributed by atoms with E-state index < -0.39 is 34.0 Å². The predicted molar refractivity (Wildman–Crippen MR) is 143 cm³/mol. The van der Waals surface area contributed by atoms with Crippen LogP contribution < -0.4 is 9.47 Å². The molecule has 0 aliphatic rings. The molecule has 14 heteroatoms. The van der Waals surface area contributed by atoms with Crippen LogP contribution in [-0.2, 0) is 35.4 Å². The lowest BCUT2D eigenvalue weighted by Crippen LogP contribution is -2.28. The van der Waals surface area contributed by atoms with Crippen molar-refractivity contribution in [3.05, 3.63) is 65.2 Å². The van der Waals surface area contributed by atoms with E-state index in [-0.39, 0.29) is 50.4 Å². The summed E-state index contributed by atoms with van der Waals surface area (Å²) in [7, 11) is -4.00. The molecule has 0 radical (unpaired) electrons. The van der Waals surface area contributed by atoms with Gasteiger partial charge in [0.15, 0.2) is 6.10 Å². The average Bonchev–Trinajstić information content (AvgIpc) is 3.38. The Bertz CT molecular complexity index is 1400. The normalized spacial score (nSPS) is 12.8. The maximum atomic E-state index is 13.2. The van der Waals surface area contributed by atoms with Crippen LogP contribution in [0.15, 0.2) is 64.9 Å². The predicted octanol–water partition coefficient (Wildman–Crippen LogP) is 4.58. The van der Waals surface area contributed by atoms with Crippen molar-refractivity contribution in [1.29, 1.82) is 0 Å². The fraction of sp³-hybridized carbons (Fsp3) is 0.320. The number of halogens is 3. The highest BCUT2D eigenvalue weighted by molar-refractivity contribution is 7.91. The van der Waals surface area contributed by atoms with Crippen molar-refractivity contribution in [3.8, 4) is 11.5 Å². The molecule has 0 aliphatic carbocycles. The largest absolute Gasteiger partial charge is 0.488 e. The molecule has 10 nitrogen and oxygen atoms in total. The van der Waals surface area contributed by atoms with Gasteiger partial charge >= 0.3 is 11.9 Å². The highest BCUT2D eigenvalue weighted by Gasteiger charge is 2.22.